The predicted octanol–water partition coefficient (Wildman–Crippen LogP) is 2.39. The molecule has 4 rings (SSSR count). The highest BCUT2D eigenvalue weighted by atomic mass is 16.2. The molecule has 2 heterocycles. The number of rotatable bonds is 8. The van der Waals surface area contributed by atoms with Gasteiger partial charge in [-0.2, -0.15) is 4.98 Å². The first-order valence-electron chi connectivity index (χ1n) is 11.0. The van der Waals surface area contributed by atoms with Crippen LogP contribution in [0.1, 0.15) is 19.4 Å². The molecule has 0 atom stereocenters. The molecule has 0 bridgehead atoms. The molecule has 8 heteroatoms. The van der Waals surface area contributed by atoms with Crippen molar-refractivity contribution in [2.45, 2.75) is 20.4 Å². The molecule has 0 amide bonds. The van der Waals surface area contributed by atoms with Crippen molar-refractivity contribution in [1.29, 1.82) is 0 Å². The summed E-state index contributed by atoms with van der Waals surface area (Å²) < 4.78 is 4.48. The first kappa shape index (κ1) is 21.8. The SMILES string of the molecule is CCN(CC)CCNc1nc2c(c(=O)n(C)c(=O)n2C)n1Cc1cccc2ccccc12. The molecule has 0 saturated carbocycles. The van der Waals surface area contributed by atoms with Gasteiger partial charge in [0.25, 0.3) is 5.56 Å². The Morgan fingerprint density at radius 3 is 2.44 bits per heavy atom. The van der Waals surface area contributed by atoms with Crippen LogP contribution < -0.4 is 16.6 Å². The molecule has 8 nitrogen and oxygen atoms in total. The summed E-state index contributed by atoms with van der Waals surface area (Å²) in [5.74, 6) is 0.596. The van der Waals surface area contributed by atoms with Crippen LogP contribution in [0.15, 0.2) is 52.1 Å². The highest BCUT2D eigenvalue weighted by molar-refractivity contribution is 5.86. The van der Waals surface area contributed by atoms with E-state index in [1.807, 2.05) is 22.8 Å². The number of aryl methyl sites for hydroxylation is 1. The number of anilines is 1. The molecular formula is C24H30N6O2. The van der Waals surface area contributed by atoms with Gasteiger partial charge in [0.2, 0.25) is 5.95 Å². The summed E-state index contributed by atoms with van der Waals surface area (Å²) >= 11 is 0. The van der Waals surface area contributed by atoms with Gasteiger partial charge in [-0.15, -0.1) is 0 Å². The number of nitrogens with zero attached hydrogens (tertiary/aromatic N) is 5. The van der Waals surface area contributed by atoms with Gasteiger partial charge >= 0.3 is 5.69 Å². The molecule has 168 valence electrons. The zero-order valence-electron chi connectivity index (χ0n) is 19.1. The number of nitrogens with one attached hydrogen (secondary N) is 1. The van der Waals surface area contributed by atoms with E-state index in [0.29, 0.717) is 30.2 Å². The third kappa shape index (κ3) is 3.82. The van der Waals surface area contributed by atoms with E-state index >= 15 is 0 Å². The lowest BCUT2D eigenvalue weighted by Gasteiger charge is -2.18. The fourth-order valence-corrected chi connectivity index (χ4v) is 4.20. The topological polar surface area (TPSA) is 77.1 Å². The molecule has 0 unspecified atom stereocenters. The van der Waals surface area contributed by atoms with Gasteiger partial charge in [-0.3, -0.25) is 18.5 Å². The Morgan fingerprint density at radius 1 is 0.969 bits per heavy atom. The maximum Gasteiger partial charge on any atom is 0.332 e. The van der Waals surface area contributed by atoms with Crippen LogP contribution in [0.3, 0.4) is 0 Å². The van der Waals surface area contributed by atoms with Gasteiger partial charge in [-0.05, 0) is 29.4 Å². The normalized spacial score (nSPS) is 11.7. The molecule has 0 saturated heterocycles. The van der Waals surface area contributed by atoms with Crippen LogP contribution in [-0.4, -0.2) is 49.8 Å². The fourth-order valence-electron chi connectivity index (χ4n) is 4.20. The molecule has 0 aliphatic rings. The summed E-state index contributed by atoms with van der Waals surface area (Å²) in [6, 6.07) is 14.4. The Kier molecular flexibility index (Phi) is 6.14. The quantitative estimate of drug-likeness (QED) is 0.461. The summed E-state index contributed by atoms with van der Waals surface area (Å²) in [6.07, 6.45) is 0. The monoisotopic (exact) mass is 434 g/mol. The van der Waals surface area contributed by atoms with Gasteiger partial charge in [-0.25, -0.2) is 4.79 Å². The molecule has 4 aromatic rings. The minimum atomic E-state index is -0.382. The maximum atomic E-state index is 13.1. The lowest BCUT2D eigenvalue weighted by atomic mass is 10.0. The van der Waals surface area contributed by atoms with Gasteiger partial charge in [0, 0.05) is 27.2 Å². The highest BCUT2D eigenvalue weighted by Gasteiger charge is 2.20. The van der Waals surface area contributed by atoms with E-state index in [1.165, 1.54) is 11.6 Å². The van der Waals surface area contributed by atoms with Gasteiger partial charge in [0.15, 0.2) is 11.2 Å². The Morgan fingerprint density at radius 2 is 1.69 bits per heavy atom. The van der Waals surface area contributed by atoms with Crippen molar-refractivity contribution in [2.24, 2.45) is 14.1 Å². The lowest BCUT2D eigenvalue weighted by molar-refractivity contribution is 0.315. The maximum absolute atomic E-state index is 13.1. The second-order valence-corrected chi connectivity index (χ2v) is 7.99. The van der Waals surface area contributed by atoms with Gasteiger partial charge in [0.05, 0.1) is 6.54 Å². The molecule has 32 heavy (non-hydrogen) atoms. The van der Waals surface area contributed by atoms with E-state index in [0.717, 1.165) is 40.5 Å². The van der Waals surface area contributed by atoms with Crippen molar-refractivity contribution in [3.05, 3.63) is 68.9 Å². The first-order chi connectivity index (χ1) is 15.5. The minimum absolute atomic E-state index is 0.340. The number of likely N-dealkylation sites (N-methyl/N-ethyl adjacent to an activating group) is 1. The van der Waals surface area contributed by atoms with Crippen molar-refractivity contribution < 1.29 is 0 Å². The minimum Gasteiger partial charge on any atom is -0.354 e. The Labute approximate surface area is 186 Å². The molecular weight excluding hydrogens is 404 g/mol. The van der Waals surface area contributed by atoms with Crippen LogP contribution in [-0.2, 0) is 20.6 Å². The van der Waals surface area contributed by atoms with Crippen LogP contribution in [0.5, 0.6) is 0 Å². The van der Waals surface area contributed by atoms with Crippen molar-refractivity contribution in [3.8, 4) is 0 Å². The standard InChI is InChI=1S/C24H30N6O2/c1-5-29(6-2)15-14-25-23-26-21-20(22(31)28(4)24(32)27(21)3)30(23)16-18-12-9-11-17-10-7-8-13-19(17)18/h7-13H,5-6,14-16H2,1-4H3,(H,25,26). The molecule has 0 aliphatic carbocycles. The van der Waals surface area contributed by atoms with Crippen LogP contribution >= 0.6 is 0 Å². The molecule has 1 N–H and O–H groups in total. The Bertz CT molecular complexity index is 1370. The molecule has 2 aromatic heterocycles. The number of hydrogen-bond acceptors (Lipinski definition) is 5. The van der Waals surface area contributed by atoms with E-state index < -0.39 is 0 Å². The summed E-state index contributed by atoms with van der Waals surface area (Å²) in [7, 11) is 3.16. The number of hydrogen-bond donors (Lipinski definition) is 1. The highest BCUT2D eigenvalue weighted by Crippen LogP contribution is 2.23. The smallest absolute Gasteiger partial charge is 0.332 e. The van der Waals surface area contributed by atoms with Crippen LogP contribution in [0.25, 0.3) is 21.9 Å². The van der Waals surface area contributed by atoms with Crippen LogP contribution in [0, 0.1) is 0 Å². The average Bonchev–Trinajstić information content (AvgIpc) is 3.17. The van der Waals surface area contributed by atoms with E-state index in [-0.39, 0.29) is 11.2 Å². The van der Waals surface area contributed by atoms with Gasteiger partial charge in [-0.1, -0.05) is 56.3 Å². The van der Waals surface area contributed by atoms with Crippen molar-refractivity contribution in [1.82, 2.24) is 23.6 Å². The van der Waals surface area contributed by atoms with E-state index in [1.54, 1.807) is 7.05 Å². The molecule has 0 aliphatic heterocycles. The third-order valence-corrected chi connectivity index (χ3v) is 6.16. The number of fused-ring (bicyclic) bond motifs is 2. The van der Waals surface area contributed by atoms with E-state index in [4.69, 9.17) is 0 Å². The first-order valence-corrected chi connectivity index (χ1v) is 11.0. The fraction of sp³-hybridized carbons (Fsp3) is 0.375. The number of benzene rings is 2. The molecule has 0 radical (unpaired) electrons. The lowest BCUT2D eigenvalue weighted by Crippen LogP contribution is -2.37. The van der Waals surface area contributed by atoms with E-state index in [2.05, 4.69) is 53.3 Å². The van der Waals surface area contributed by atoms with Crippen molar-refractivity contribution in [3.63, 3.8) is 0 Å². The third-order valence-electron chi connectivity index (χ3n) is 6.16. The second-order valence-electron chi connectivity index (χ2n) is 7.99. The van der Waals surface area contributed by atoms with Crippen LogP contribution in [0.2, 0.25) is 0 Å². The largest absolute Gasteiger partial charge is 0.354 e. The van der Waals surface area contributed by atoms with Crippen LogP contribution in [0.4, 0.5) is 5.95 Å². The summed E-state index contributed by atoms with van der Waals surface area (Å²) in [6.45, 7) is 8.24. The summed E-state index contributed by atoms with van der Waals surface area (Å²) in [5, 5.41) is 5.69. The molecule has 2 aromatic carbocycles. The summed E-state index contributed by atoms with van der Waals surface area (Å²) in [5.41, 5.74) is 1.18. The number of imidazole rings is 1. The Balaban J connectivity index is 1.84. The number of aromatic nitrogens is 4. The van der Waals surface area contributed by atoms with Gasteiger partial charge < -0.3 is 10.2 Å². The van der Waals surface area contributed by atoms with E-state index in [9.17, 15) is 9.59 Å². The Hall–Kier alpha value is -3.39. The zero-order valence-corrected chi connectivity index (χ0v) is 19.1. The molecule has 0 fully saturated rings. The second kappa shape index (κ2) is 9.00. The summed E-state index contributed by atoms with van der Waals surface area (Å²) in [4.78, 5) is 32.6. The average molecular weight is 435 g/mol. The van der Waals surface area contributed by atoms with Crippen molar-refractivity contribution in [2.75, 3.05) is 31.5 Å². The van der Waals surface area contributed by atoms with Crippen molar-refractivity contribution >= 4 is 27.9 Å². The van der Waals surface area contributed by atoms with Gasteiger partial charge in [0.1, 0.15) is 0 Å². The predicted molar refractivity (Wildman–Crippen MR) is 130 cm³/mol. The molecule has 0 spiro atoms. The zero-order chi connectivity index (χ0) is 22.8.